The van der Waals surface area contributed by atoms with Gasteiger partial charge < -0.3 is 5.11 Å². The van der Waals surface area contributed by atoms with Gasteiger partial charge in [0.05, 0.1) is 10.5 Å². The fourth-order valence-electron chi connectivity index (χ4n) is 3.36. The molecule has 0 bridgehead atoms. The Hall–Kier alpha value is -2.78. The van der Waals surface area contributed by atoms with Crippen molar-refractivity contribution in [2.24, 2.45) is 0 Å². The SMILES string of the molecule is CC(CCN(Cc1ccc(C(=O)O)cc1)Cc1cccnc1)NS(=O)(=O)c1ccc(Cl)cc1. The lowest BCUT2D eigenvalue weighted by Crippen LogP contribution is -2.36. The van der Waals surface area contributed by atoms with Gasteiger partial charge in [0, 0.05) is 43.1 Å². The van der Waals surface area contributed by atoms with Gasteiger partial charge in [-0.05, 0) is 66.9 Å². The van der Waals surface area contributed by atoms with Crippen LogP contribution in [-0.4, -0.2) is 42.0 Å². The Labute approximate surface area is 199 Å². The Balaban J connectivity index is 1.66. The molecule has 1 aromatic heterocycles. The Morgan fingerprint density at radius 2 is 1.73 bits per heavy atom. The number of aromatic nitrogens is 1. The van der Waals surface area contributed by atoms with Gasteiger partial charge in [0.15, 0.2) is 0 Å². The molecule has 1 atom stereocenters. The first-order chi connectivity index (χ1) is 15.7. The van der Waals surface area contributed by atoms with E-state index >= 15 is 0 Å². The van der Waals surface area contributed by atoms with E-state index in [0.29, 0.717) is 31.1 Å². The van der Waals surface area contributed by atoms with Crippen LogP contribution in [0.1, 0.15) is 34.8 Å². The van der Waals surface area contributed by atoms with Crippen LogP contribution in [0.25, 0.3) is 0 Å². The number of carboxylic acid groups (broad SMARTS) is 1. The maximum atomic E-state index is 12.6. The molecule has 0 aliphatic rings. The quantitative estimate of drug-likeness (QED) is 0.420. The number of hydrogen-bond acceptors (Lipinski definition) is 5. The lowest BCUT2D eigenvalue weighted by Gasteiger charge is -2.24. The third kappa shape index (κ3) is 7.64. The van der Waals surface area contributed by atoms with Gasteiger partial charge in [-0.15, -0.1) is 0 Å². The minimum atomic E-state index is -3.65. The predicted molar refractivity (Wildman–Crippen MR) is 128 cm³/mol. The topological polar surface area (TPSA) is 99.6 Å². The van der Waals surface area contributed by atoms with Crippen LogP contribution in [0.3, 0.4) is 0 Å². The standard InChI is InChI=1S/C24H26ClN3O4S/c1-18(27-33(31,32)23-10-8-22(25)9-11-23)12-14-28(17-20-3-2-13-26-15-20)16-19-4-6-21(7-5-19)24(29)30/h2-11,13,15,18,27H,12,14,16-17H2,1H3,(H,29,30). The van der Waals surface area contributed by atoms with Gasteiger partial charge in [0.2, 0.25) is 10.0 Å². The fraction of sp³-hybridized carbons (Fsp3) is 0.250. The van der Waals surface area contributed by atoms with Crippen LogP contribution in [0.5, 0.6) is 0 Å². The molecule has 0 aliphatic heterocycles. The van der Waals surface area contributed by atoms with Crippen molar-refractivity contribution < 1.29 is 18.3 Å². The first-order valence-electron chi connectivity index (χ1n) is 10.4. The number of aromatic carboxylic acids is 1. The molecule has 9 heteroatoms. The van der Waals surface area contributed by atoms with Crippen molar-refractivity contribution in [2.75, 3.05) is 6.54 Å². The number of nitrogens with zero attached hydrogens (tertiary/aromatic N) is 2. The van der Waals surface area contributed by atoms with E-state index in [1.54, 1.807) is 48.8 Å². The van der Waals surface area contributed by atoms with Crippen molar-refractivity contribution >= 4 is 27.6 Å². The Kier molecular flexibility index (Phi) is 8.57. The van der Waals surface area contributed by atoms with Gasteiger partial charge in [-0.25, -0.2) is 17.9 Å². The van der Waals surface area contributed by atoms with Gasteiger partial charge in [-0.3, -0.25) is 9.88 Å². The summed E-state index contributed by atoms with van der Waals surface area (Å²) in [6, 6.07) is 16.4. The second-order valence-electron chi connectivity index (χ2n) is 7.84. The van der Waals surface area contributed by atoms with Crippen LogP contribution in [-0.2, 0) is 23.1 Å². The van der Waals surface area contributed by atoms with Gasteiger partial charge >= 0.3 is 5.97 Å². The Morgan fingerprint density at radius 1 is 1.06 bits per heavy atom. The van der Waals surface area contributed by atoms with E-state index in [-0.39, 0.29) is 16.5 Å². The molecule has 3 aromatic rings. The van der Waals surface area contributed by atoms with Crippen LogP contribution in [0, 0.1) is 0 Å². The molecule has 0 aliphatic carbocycles. The smallest absolute Gasteiger partial charge is 0.335 e. The number of hydrogen-bond donors (Lipinski definition) is 2. The van der Waals surface area contributed by atoms with E-state index in [4.69, 9.17) is 16.7 Å². The third-order valence-electron chi connectivity index (χ3n) is 5.09. The van der Waals surface area contributed by atoms with Crippen LogP contribution < -0.4 is 4.72 Å². The molecule has 33 heavy (non-hydrogen) atoms. The number of nitrogens with one attached hydrogen (secondary N) is 1. The Bertz CT molecular complexity index is 1150. The normalized spacial score (nSPS) is 12.6. The summed E-state index contributed by atoms with van der Waals surface area (Å²) in [6.07, 6.45) is 4.10. The largest absolute Gasteiger partial charge is 0.478 e. The number of carboxylic acids is 1. The van der Waals surface area contributed by atoms with Crippen LogP contribution in [0.15, 0.2) is 78.0 Å². The molecule has 2 N–H and O–H groups in total. The van der Waals surface area contributed by atoms with Crippen molar-refractivity contribution in [1.29, 1.82) is 0 Å². The Morgan fingerprint density at radius 3 is 2.33 bits per heavy atom. The molecule has 0 radical (unpaired) electrons. The first kappa shape index (κ1) is 24.9. The summed E-state index contributed by atoms with van der Waals surface area (Å²) < 4.78 is 28.0. The lowest BCUT2D eigenvalue weighted by molar-refractivity contribution is 0.0697. The molecule has 0 amide bonds. The zero-order chi connectivity index (χ0) is 23.8. The fourth-order valence-corrected chi connectivity index (χ4v) is 4.76. The van der Waals surface area contributed by atoms with Crippen LogP contribution in [0.4, 0.5) is 0 Å². The average Bonchev–Trinajstić information content (AvgIpc) is 2.78. The molecule has 0 saturated heterocycles. The summed E-state index contributed by atoms with van der Waals surface area (Å²) >= 11 is 5.85. The zero-order valence-corrected chi connectivity index (χ0v) is 19.8. The average molecular weight is 488 g/mol. The zero-order valence-electron chi connectivity index (χ0n) is 18.2. The van der Waals surface area contributed by atoms with E-state index < -0.39 is 16.0 Å². The second kappa shape index (κ2) is 11.4. The predicted octanol–water partition coefficient (Wildman–Crippen LogP) is 4.19. The maximum Gasteiger partial charge on any atom is 0.335 e. The number of sulfonamides is 1. The maximum absolute atomic E-state index is 12.6. The highest BCUT2D eigenvalue weighted by Crippen LogP contribution is 2.16. The molecule has 3 rings (SSSR count). The number of carbonyl (C=O) groups is 1. The first-order valence-corrected chi connectivity index (χ1v) is 12.3. The monoisotopic (exact) mass is 487 g/mol. The number of halogens is 1. The molecule has 0 spiro atoms. The second-order valence-corrected chi connectivity index (χ2v) is 9.99. The van der Waals surface area contributed by atoms with E-state index in [0.717, 1.165) is 11.1 Å². The van der Waals surface area contributed by atoms with Crippen molar-refractivity contribution in [2.45, 2.75) is 37.4 Å². The van der Waals surface area contributed by atoms with Crippen LogP contribution >= 0.6 is 11.6 Å². The minimum absolute atomic E-state index is 0.171. The highest BCUT2D eigenvalue weighted by molar-refractivity contribution is 7.89. The van der Waals surface area contributed by atoms with Crippen LogP contribution in [0.2, 0.25) is 5.02 Å². The summed E-state index contributed by atoms with van der Waals surface area (Å²) in [5.41, 5.74) is 2.25. The van der Waals surface area contributed by atoms with Gasteiger partial charge in [0.1, 0.15) is 0 Å². The summed E-state index contributed by atoms with van der Waals surface area (Å²) in [7, 11) is -3.65. The van der Waals surface area contributed by atoms with E-state index in [9.17, 15) is 13.2 Å². The summed E-state index contributed by atoms with van der Waals surface area (Å²) in [5.74, 6) is -0.962. The third-order valence-corrected chi connectivity index (χ3v) is 6.95. The molecule has 0 fully saturated rings. The van der Waals surface area contributed by atoms with Crippen molar-refractivity contribution in [3.8, 4) is 0 Å². The number of pyridine rings is 1. The molecule has 1 heterocycles. The number of rotatable bonds is 11. The lowest BCUT2D eigenvalue weighted by atomic mass is 10.1. The van der Waals surface area contributed by atoms with Crippen molar-refractivity contribution in [3.63, 3.8) is 0 Å². The number of benzene rings is 2. The molecule has 0 saturated carbocycles. The highest BCUT2D eigenvalue weighted by Gasteiger charge is 2.18. The van der Waals surface area contributed by atoms with Crippen molar-refractivity contribution in [1.82, 2.24) is 14.6 Å². The molecule has 7 nitrogen and oxygen atoms in total. The van der Waals surface area contributed by atoms with Crippen molar-refractivity contribution in [3.05, 3.63) is 94.8 Å². The van der Waals surface area contributed by atoms with Gasteiger partial charge in [0.25, 0.3) is 0 Å². The molecule has 2 aromatic carbocycles. The van der Waals surface area contributed by atoms with E-state index in [2.05, 4.69) is 14.6 Å². The van der Waals surface area contributed by atoms with E-state index in [1.165, 1.54) is 12.1 Å². The summed E-state index contributed by atoms with van der Waals surface area (Å²) in [6.45, 7) is 3.67. The highest BCUT2D eigenvalue weighted by atomic mass is 35.5. The molecule has 174 valence electrons. The van der Waals surface area contributed by atoms with Gasteiger partial charge in [-0.2, -0.15) is 0 Å². The summed E-state index contributed by atoms with van der Waals surface area (Å²) in [5, 5.41) is 9.58. The molecule has 1 unspecified atom stereocenters. The minimum Gasteiger partial charge on any atom is -0.478 e. The molecular formula is C24H26ClN3O4S. The van der Waals surface area contributed by atoms with Gasteiger partial charge in [-0.1, -0.05) is 29.8 Å². The summed E-state index contributed by atoms with van der Waals surface area (Å²) in [4.78, 5) is 17.6. The van der Waals surface area contributed by atoms with E-state index in [1.807, 2.05) is 19.1 Å². The molecular weight excluding hydrogens is 462 g/mol.